The Morgan fingerprint density at radius 3 is 2.55 bits per heavy atom. The number of hydrogen-bond donors (Lipinski definition) is 1. The van der Waals surface area contributed by atoms with Crippen molar-refractivity contribution in [2.45, 2.75) is 13.5 Å². The van der Waals surface area contributed by atoms with E-state index >= 15 is 0 Å². The van der Waals surface area contributed by atoms with Gasteiger partial charge in [0.1, 0.15) is 0 Å². The van der Waals surface area contributed by atoms with Gasteiger partial charge in [-0.2, -0.15) is 29.8 Å². The summed E-state index contributed by atoms with van der Waals surface area (Å²) >= 11 is 0. The van der Waals surface area contributed by atoms with E-state index in [1.807, 2.05) is 25.1 Å². The molecule has 0 heterocycles. The van der Waals surface area contributed by atoms with E-state index in [2.05, 4.69) is 6.07 Å². The second-order valence-electron chi connectivity index (χ2n) is 1.98. The van der Waals surface area contributed by atoms with E-state index in [0.29, 0.717) is 0 Å². The summed E-state index contributed by atoms with van der Waals surface area (Å²) in [5.41, 5.74) is 1.98. The average molecular weight is 374 g/mol. The van der Waals surface area contributed by atoms with Gasteiger partial charge in [-0.1, -0.05) is 6.92 Å². The topological polar surface area (TPSA) is 20.2 Å². The van der Waals surface area contributed by atoms with Crippen molar-refractivity contribution in [3.8, 4) is 0 Å². The van der Waals surface area contributed by atoms with E-state index in [9.17, 15) is 0 Å². The van der Waals surface area contributed by atoms with E-state index < -0.39 is 0 Å². The van der Waals surface area contributed by atoms with Crippen molar-refractivity contribution in [3.63, 3.8) is 0 Å². The zero-order chi connectivity index (χ0) is 6.69. The van der Waals surface area contributed by atoms with Crippen LogP contribution in [0.5, 0.6) is 0 Å². The van der Waals surface area contributed by atoms with E-state index in [0.717, 1.165) is 11.1 Å². The summed E-state index contributed by atoms with van der Waals surface area (Å²) < 4.78 is 0. The van der Waals surface area contributed by atoms with Gasteiger partial charge in [0.2, 0.25) is 0 Å². The molecule has 0 saturated carbocycles. The van der Waals surface area contributed by atoms with E-state index in [1.165, 1.54) is 0 Å². The van der Waals surface area contributed by atoms with Crippen LogP contribution < -0.4 is 0 Å². The van der Waals surface area contributed by atoms with Crippen molar-refractivity contribution < 1.29 is 36.2 Å². The van der Waals surface area contributed by atoms with Gasteiger partial charge >= 0.3 is 31.1 Å². The molecule has 11 heavy (non-hydrogen) atoms. The van der Waals surface area contributed by atoms with Crippen LogP contribution in [0.1, 0.15) is 11.1 Å². The Labute approximate surface area is 92.2 Å². The molecule has 0 aromatic heterocycles. The number of aliphatic hydroxyl groups is 1. The molecule has 58 valence electrons. The van der Waals surface area contributed by atoms with Crippen molar-refractivity contribution in [2.24, 2.45) is 0 Å². The van der Waals surface area contributed by atoms with Crippen LogP contribution in [0, 0.1) is 51.5 Å². The van der Waals surface area contributed by atoms with E-state index in [4.69, 9.17) is 5.11 Å². The van der Waals surface area contributed by atoms with Crippen molar-refractivity contribution in [2.75, 3.05) is 0 Å². The molecular weight excluding hydrogens is 362 g/mol. The van der Waals surface area contributed by atoms with Crippen molar-refractivity contribution >= 4 is 0 Å². The molecule has 2 heteroatoms. The fourth-order valence-electron chi connectivity index (χ4n) is 0.726. The Morgan fingerprint density at radius 1 is 1.55 bits per heavy atom. The van der Waals surface area contributed by atoms with Gasteiger partial charge in [0.15, 0.2) is 0 Å². The number of aryl methyl sites for hydroxylation is 1. The van der Waals surface area contributed by atoms with Crippen molar-refractivity contribution in [3.05, 3.63) is 42.8 Å². The Morgan fingerprint density at radius 2 is 2.18 bits per heavy atom. The SMILES string of the molecule is Cc1[c-]cccc1CO.[CH3-].[U+2]. The van der Waals surface area contributed by atoms with Crippen LogP contribution in [-0.4, -0.2) is 5.11 Å². The van der Waals surface area contributed by atoms with Crippen LogP contribution in [-0.2, 0) is 6.61 Å². The number of hydrogen-bond acceptors (Lipinski definition) is 1. The largest absolute Gasteiger partial charge is 2.00 e. The second kappa shape index (κ2) is 6.91. The van der Waals surface area contributed by atoms with Crippen LogP contribution in [0.3, 0.4) is 0 Å². The van der Waals surface area contributed by atoms with Crippen LogP contribution in [0.2, 0.25) is 0 Å². The molecule has 0 fully saturated rings. The van der Waals surface area contributed by atoms with Gasteiger partial charge in [-0.25, -0.2) is 0 Å². The maximum Gasteiger partial charge on any atom is 2.00 e. The van der Waals surface area contributed by atoms with E-state index in [1.54, 1.807) is 0 Å². The first-order valence-electron chi connectivity index (χ1n) is 2.91. The van der Waals surface area contributed by atoms with Gasteiger partial charge < -0.3 is 12.5 Å². The summed E-state index contributed by atoms with van der Waals surface area (Å²) in [6.07, 6.45) is 0. The first-order valence-corrected chi connectivity index (χ1v) is 2.91. The van der Waals surface area contributed by atoms with Gasteiger partial charge in [-0.15, -0.1) is 5.56 Å². The summed E-state index contributed by atoms with van der Waals surface area (Å²) in [5, 5.41) is 8.70. The molecule has 1 N–H and O–H groups in total. The molecule has 1 aromatic carbocycles. The maximum atomic E-state index is 8.70. The molecule has 1 nitrogen and oxygen atoms in total. The van der Waals surface area contributed by atoms with Crippen molar-refractivity contribution in [1.29, 1.82) is 0 Å². The Bertz CT molecular complexity index is 199. The predicted molar refractivity (Wildman–Crippen MR) is 42.4 cm³/mol. The minimum Gasteiger partial charge on any atom is -0.404 e. The van der Waals surface area contributed by atoms with Crippen LogP contribution >= 0.6 is 0 Å². The fourth-order valence-corrected chi connectivity index (χ4v) is 0.726. The predicted octanol–water partition coefficient (Wildman–Crippen LogP) is 1.74. The summed E-state index contributed by atoms with van der Waals surface area (Å²) in [4.78, 5) is 0. The van der Waals surface area contributed by atoms with E-state index in [-0.39, 0.29) is 45.1 Å². The summed E-state index contributed by atoms with van der Waals surface area (Å²) in [5.74, 6) is 0. The molecule has 0 spiro atoms. The monoisotopic (exact) mass is 374 g/mol. The number of aliphatic hydroxyl groups excluding tert-OH is 1. The molecule has 0 bridgehead atoms. The fraction of sp³-hybridized carbons (Fsp3) is 0.222. The number of benzene rings is 1. The van der Waals surface area contributed by atoms with Crippen LogP contribution in [0.4, 0.5) is 0 Å². The second-order valence-corrected chi connectivity index (χ2v) is 1.98. The summed E-state index contributed by atoms with van der Waals surface area (Å²) in [6, 6.07) is 8.60. The third-order valence-electron chi connectivity index (χ3n) is 1.35. The van der Waals surface area contributed by atoms with Crippen molar-refractivity contribution in [1.82, 2.24) is 0 Å². The standard InChI is InChI=1S/C8H9O.CH3.U/c1-7-4-2-3-5-8(7)6-9;;/h2-3,5,9H,6H2,1H3;1H3;/q2*-1;+2. The zero-order valence-electron chi connectivity index (χ0n) is 6.89. The molecule has 0 aliphatic carbocycles. The van der Waals surface area contributed by atoms with Gasteiger partial charge in [0.05, 0.1) is 0 Å². The van der Waals surface area contributed by atoms with Gasteiger partial charge in [-0.05, 0) is 0 Å². The van der Waals surface area contributed by atoms with Gasteiger partial charge in [-0.3, -0.25) is 0 Å². The maximum absolute atomic E-state index is 8.70. The third-order valence-corrected chi connectivity index (χ3v) is 1.35. The minimum atomic E-state index is 0. The first-order chi connectivity index (χ1) is 4.34. The third kappa shape index (κ3) is 3.96. The molecule has 0 amide bonds. The smallest absolute Gasteiger partial charge is 0.404 e. The normalized spacial score (nSPS) is 7.82. The molecule has 1 rings (SSSR count). The van der Waals surface area contributed by atoms with Crippen LogP contribution in [0.25, 0.3) is 0 Å². The molecule has 0 atom stereocenters. The molecule has 0 aliphatic heterocycles. The Hall–Kier alpha value is 0.232. The Balaban J connectivity index is 0. The quantitative estimate of drug-likeness (QED) is 0.743. The van der Waals surface area contributed by atoms with Gasteiger partial charge in [0, 0.05) is 6.61 Å². The molecule has 0 saturated heterocycles. The first kappa shape index (κ1) is 13.8. The molecular formula is C9H12OU. The number of rotatable bonds is 1. The van der Waals surface area contributed by atoms with Crippen LogP contribution in [0.15, 0.2) is 18.2 Å². The summed E-state index contributed by atoms with van der Waals surface area (Å²) in [7, 11) is 0. The van der Waals surface area contributed by atoms with Gasteiger partial charge in [0.25, 0.3) is 0 Å². The minimum absolute atomic E-state index is 0. The Kier molecular flexibility index (Phi) is 8.67. The molecule has 0 unspecified atom stereocenters. The average Bonchev–Trinajstić information content (AvgIpc) is 1.89. The molecule has 1 aromatic rings. The molecule has 0 aliphatic rings. The molecule has 0 radical (unpaired) electrons. The zero-order valence-corrected chi connectivity index (χ0v) is 11.1. The summed E-state index contributed by atoms with van der Waals surface area (Å²) in [6.45, 7) is 2.05.